The first kappa shape index (κ1) is 13.6. The van der Waals surface area contributed by atoms with Crippen LogP contribution in [0.3, 0.4) is 0 Å². The lowest BCUT2D eigenvalue weighted by molar-refractivity contribution is 1.09. The Labute approximate surface area is 116 Å². The van der Waals surface area contributed by atoms with Crippen LogP contribution in [0.2, 0.25) is 0 Å². The number of hydrogen-bond acceptors (Lipinski definition) is 0. The Balaban J connectivity index is 0.000000408. The second-order valence-electron chi connectivity index (χ2n) is 5.19. The van der Waals surface area contributed by atoms with Gasteiger partial charge < -0.3 is 0 Å². The van der Waals surface area contributed by atoms with E-state index >= 15 is 0 Å². The molecule has 0 unspecified atom stereocenters. The lowest BCUT2D eigenvalue weighted by atomic mass is 9.99. The van der Waals surface area contributed by atoms with Crippen molar-refractivity contribution in [1.82, 2.24) is 0 Å². The van der Waals surface area contributed by atoms with Crippen LogP contribution in [0.4, 0.5) is 0 Å². The molecule has 0 saturated carbocycles. The molecular weight excluding hydrogens is 228 g/mol. The van der Waals surface area contributed by atoms with Crippen molar-refractivity contribution in [3.63, 3.8) is 0 Å². The smallest absolute Gasteiger partial charge is 0.0175 e. The summed E-state index contributed by atoms with van der Waals surface area (Å²) in [6.45, 7) is 8.59. The summed E-state index contributed by atoms with van der Waals surface area (Å²) >= 11 is 0. The lowest BCUT2D eigenvalue weighted by Gasteiger charge is -2.06. The van der Waals surface area contributed by atoms with Gasteiger partial charge in [-0.3, -0.25) is 0 Å². The second kappa shape index (κ2) is 5.88. The van der Waals surface area contributed by atoms with Gasteiger partial charge in [0.25, 0.3) is 0 Å². The summed E-state index contributed by atoms with van der Waals surface area (Å²) in [5.74, 6) is 0. The van der Waals surface area contributed by atoms with Gasteiger partial charge in [-0.05, 0) is 58.7 Å². The Hall–Kier alpha value is -1.82. The van der Waals surface area contributed by atoms with Crippen LogP contribution in [-0.4, -0.2) is 0 Å². The molecule has 98 valence electrons. The van der Waals surface area contributed by atoms with Crippen LogP contribution in [0.25, 0.3) is 21.5 Å². The molecule has 0 aliphatic rings. The van der Waals surface area contributed by atoms with Gasteiger partial charge in [-0.25, -0.2) is 0 Å². The zero-order valence-corrected chi connectivity index (χ0v) is 12.3. The van der Waals surface area contributed by atoms with Crippen molar-refractivity contribution in [2.45, 2.75) is 34.1 Å². The normalized spacial score (nSPS) is 10.3. The van der Waals surface area contributed by atoms with E-state index in [2.05, 4.69) is 76.2 Å². The number of fused-ring (bicyclic) bond motifs is 2. The van der Waals surface area contributed by atoms with E-state index in [1.807, 2.05) is 0 Å². The van der Waals surface area contributed by atoms with Crippen LogP contribution < -0.4 is 0 Å². The molecule has 0 fully saturated rings. The first-order valence-electron chi connectivity index (χ1n) is 7.05. The minimum Gasteiger partial charge on any atom is -0.0656 e. The summed E-state index contributed by atoms with van der Waals surface area (Å²) in [6.07, 6.45) is 1.25. The van der Waals surface area contributed by atoms with Gasteiger partial charge in [0.1, 0.15) is 0 Å². The van der Waals surface area contributed by atoms with Crippen molar-refractivity contribution in [3.05, 3.63) is 59.7 Å². The molecule has 3 rings (SSSR count). The van der Waals surface area contributed by atoms with Gasteiger partial charge in [-0.15, -0.1) is 0 Å². The monoisotopic (exact) mass is 250 g/mol. The summed E-state index contributed by atoms with van der Waals surface area (Å²) in [5.41, 5.74) is 2.73. The van der Waals surface area contributed by atoms with E-state index in [0.717, 1.165) is 0 Å². The summed E-state index contributed by atoms with van der Waals surface area (Å²) < 4.78 is 0. The fraction of sp³-hybridized carbons (Fsp3) is 0.263. The molecule has 19 heavy (non-hydrogen) atoms. The fourth-order valence-corrected chi connectivity index (χ4v) is 2.22. The summed E-state index contributed by atoms with van der Waals surface area (Å²) in [4.78, 5) is 0. The van der Waals surface area contributed by atoms with Crippen molar-refractivity contribution < 1.29 is 0 Å². The first-order valence-corrected chi connectivity index (χ1v) is 7.05. The minimum absolute atomic E-state index is 1.25. The third-order valence-corrected chi connectivity index (χ3v) is 3.32. The van der Waals surface area contributed by atoms with Crippen LogP contribution in [0, 0.1) is 13.8 Å². The number of hydrogen-bond donors (Lipinski definition) is 0. The van der Waals surface area contributed by atoms with E-state index in [1.165, 1.54) is 39.1 Å². The highest BCUT2D eigenvalue weighted by Gasteiger charge is 2.00. The van der Waals surface area contributed by atoms with Crippen molar-refractivity contribution in [2.75, 3.05) is 0 Å². The van der Waals surface area contributed by atoms with Crippen LogP contribution in [0.15, 0.2) is 48.5 Å². The van der Waals surface area contributed by atoms with E-state index in [0.29, 0.717) is 0 Å². The van der Waals surface area contributed by atoms with Gasteiger partial charge in [-0.2, -0.15) is 0 Å². The molecule has 0 spiro atoms. The average molecular weight is 250 g/mol. The maximum Gasteiger partial charge on any atom is -0.0175 e. The standard InChI is InChI=1S/C16H14.C3H8/c1-11-7-15-9-13-5-3-4-6-14(13)10-16(15)8-12(11)2;1-3-2/h3-10H,1-2H3;3H2,1-2H3. The Morgan fingerprint density at radius 3 is 1.37 bits per heavy atom. The lowest BCUT2D eigenvalue weighted by Crippen LogP contribution is -1.82. The molecule has 0 heteroatoms. The molecule has 0 aromatic heterocycles. The maximum atomic E-state index is 2.27. The highest BCUT2D eigenvalue weighted by molar-refractivity contribution is 5.98. The van der Waals surface area contributed by atoms with Crippen molar-refractivity contribution >= 4 is 21.5 Å². The molecule has 0 heterocycles. The molecule has 0 nitrogen and oxygen atoms in total. The number of benzene rings is 3. The van der Waals surface area contributed by atoms with Gasteiger partial charge in [0.15, 0.2) is 0 Å². The van der Waals surface area contributed by atoms with E-state index in [1.54, 1.807) is 0 Å². The van der Waals surface area contributed by atoms with Gasteiger partial charge in [0.05, 0.1) is 0 Å². The molecule has 0 amide bonds. The topological polar surface area (TPSA) is 0 Å². The Bertz CT molecular complexity index is 633. The molecule has 3 aromatic rings. The molecule has 0 bridgehead atoms. The Kier molecular flexibility index (Phi) is 4.21. The Morgan fingerprint density at radius 2 is 1.00 bits per heavy atom. The molecule has 0 aliphatic carbocycles. The molecular formula is C19H22. The van der Waals surface area contributed by atoms with Crippen molar-refractivity contribution in [2.24, 2.45) is 0 Å². The summed E-state index contributed by atoms with van der Waals surface area (Å²) in [5, 5.41) is 5.31. The Morgan fingerprint density at radius 1 is 0.632 bits per heavy atom. The van der Waals surface area contributed by atoms with Gasteiger partial charge in [0, 0.05) is 0 Å². The van der Waals surface area contributed by atoms with E-state index < -0.39 is 0 Å². The highest BCUT2D eigenvalue weighted by atomic mass is 14.0. The predicted octanol–water partition coefficient (Wildman–Crippen LogP) is 6.03. The quantitative estimate of drug-likeness (QED) is 0.427. The minimum atomic E-state index is 1.25. The van der Waals surface area contributed by atoms with Crippen molar-refractivity contribution in [1.29, 1.82) is 0 Å². The fourth-order valence-electron chi connectivity index (χ4n) is 2.22. The van der Waals surface area contributed by atoms with Gasteiger partial charge in [0.2, 0.25) is 0 Å². The van der Waals surface area contributed by atoms with Crippen LogP contribution in [0.5, 0.6) is 0 Å². The van der Waals surface area contributed by atoms with Gasteiger partial charge >= 0.3 is 0 Å². The molecule has 0 aliphatic heterocycles. The van der Waals surface area contributed by atoms with Gasteiger partial charge in [-0.1, -0.05) is 56.7 Å². The number of aryl methyl sites for hydroxylation is 2. The van der Waals surface area contributed by atoms with E-state index in [4.69, 9.17) is 0 Å². The molecule has 0 radical (unpaired) electrons. The second-order valence-corrected chi connectivity index (χ2v) is 5.19. The first-order chi connectivity index (χ1) is 9.15. The zero-order valence-electron chi connectivity index (χ0n) is 12.3. The van der Waals surface area contributed by atoms with E-state index in [9.17, 15) is 0 Å². The number of rotatable bonds is 0. The van der Waals surface area contributed by atoms with E-state index in [-0.39, 0.29) is 0 Å². The third-order valence-electron chi connectivity index (χ3n) is 3.32. The van der Waals surface area contributed by atoms with Crippen LogP contribution in [-0.2, 0) is 0 Å². The highest BCUT2D eigenvalue weighted by Crippen LogP contribution is 2.25. The maximum absolute atomic E-state index is 2.27. The molecule has 0 saturated heterocycles. The largest absolute Gasteiger partial charge is 0.0656 e. The van der Waals surface area contributed by atoms with Crippen LogP contribution in [0.1, 0.15) is 31.4 Å². The summed E-state index contributed by atoms with van der Waals surface area (Å²) in [6, 6.07) is 17.6. The average Bonchev–Trinajstić information content (AvgIpc) is 2.39. The SMILES string of the molecule is CCC.Cc1cc2cc3ccccc3cc2cc1C. The van der Waals surface area contributed by atoms with Crippen LogP contribution >= 0.6 is 0 Å². The third kappa shape index (κ3) is 2.96. The molecule has 0 N–H and O–H groups in total. The predicted molar refractivity (Wildman–Crippen MR) is 86.9 cm³/mol. The summed E-state index contributed by atoms with van der Waals surface area (Å²) in [7, 11) is 0. The molecule has 3 aromatic carbocycles. The molecule has 0 atom stereocenters. The zero-order chi connectivity index (χ0) is 13.8. The van der Waals surface area contributed by atoms with Crippen molar-refractivity contribution in [3.8, 4) is 0 Å².